The monoisotopic (exact) mass is 488 g/mol. The molecular weight excluding hydrogens is 455 g/mol. The molecule has 7 heteroatoms. The third kappa shape index (κ3) is 6.95. The molecule has 1 heterocycles. The Labute approximate surface area is 180 Å². The van der Waals surface area contributed by atoms with E-state index in [1.807, 2.05) is 29.2 Å². The predicted molar refractivity (Wildman–Crippen MR) is 122 cm³/mol. The lowest BCUT2D eigenvalue weighted by Gasteiger charge is -2.30. The van der Waals surface area contributed by atoms with E-state index in [1.165, 1.54) is 0 Å². The molecule has 1 fully saturated rings. The fourth-order valence-electron chi connectivity index (χ4n) is 3.05. The van der Waals surface area contributed by atoms with E-state index in [0.29, 0.717) is 19.5 Å². The zero-order valence-electron chi connectivity index (χ0n) is 17.0. The molecule has 152 valence electrons. The minimum atomic E-state index is 0. The van der Waals surface area contributed by atoms with E-state index in [-0.39, 0.29) is 41.4 Å². The largest absolute Gasteiger partial charge is 0.379 e. The van der Waals surface area contributed by atoms with Gasteiger partial charge in [0, 0.05) is 45.9 Å². The summed E-state index contributed by atoms with van der Waals surface area (Å²) in [6.45, 7) is 8.65. The predicted octanol–water partition coefficient (Wildman–Crippen LogP) is 3.16. The van der Waals surface area contributed by atoms with Gasteiger partial charge in [0.1, 0.15) is 0 Å². The summed E-state index contributed by atoms with van der Waals surface area (Å²) < 4.78 is 5.57. The number of guanidine groups is 1. The van der Waals surface area contributed by atoms with E-state index in [1.54, 1.807) is 14.2 Å². The zero-order valence-corrected chi connectivity index (χ0v) is 19.4. The number of nitrogens with zero attached hydrogens (tertiary/aromatic N) is 2. The molecule has 1 aromatic carbocycles. The van der Waals surface area contributed by atoms with Crippen LogP contribution in [0.1, 0.15) is 39.2 Å². The highest BCUT2D eigenvalue weighted by Gasteiger charge is 2.24. The maximum absolute atomic E-state index is 11.8. The molecule has 0 aliphatic carbocycles. The van der Waals surface area contributed by atoms with Crippen LogP contribution in [0.15, 0.2) is 29.3 Å². The van der Waals surface area contributed by atoms with E-state index in [2.05, 4.69) is 36.4 Å². The van der Waals surface area contributed by atoms with Gasteiger partial charge in [-0.3, -0.25) is 9.79 Å². The highest BCUT2D eigenvalue weighted by Crippen LogP contribution is 2.22. The molecule has 1 amide bonds. The third-order valence-corrected chi connectivity index (χ3v) is 4.71. The molecule has 1 aliphatic heterocycles. The van der Waals surface area contributed by atoms with Crippen molar-refractivity contribution < 1.29 is 9.53 Å². The van der Waals surface area contributed by atoms with Crippen LogP contribution in [0.2, 0.25) is 0 Å². The number of methoxy groups -OCH3 is 1. The van der Waals surface area contributed by atoms with Gasteiger partial charge in [-0.15, -0.1) is 24.0 Å². The summed E-state index contributed by atoms with van der Waals surface area (Å²) in [7, 11) is 3.50. The van der Waals surface area contributed by atoms with Gasteiger partial charge >= 0.3 is 0 Å². The molecule has 2 N–H and O–H groups in total. The first-order valence-corrected chi connectivity index (χ1v) is 9.21. The highest BCUT2D eigenvalue weighted by molar-refractivity contribution is 14.0. The van der Waals surface area contributed by atoms with Crippen molar-refractivity contribution in [3.8, 4) is 0 Å². The van der Waals surface area contributed by atoms with Crippen molar-refractivity contribution in [1.82, 2.24) is 10.6 Å². The fourth-order valence-corrected chi connectivity index (χ4v) is 3.05. The van der Waals surface area contributed by atoms with Crippen molar-refractivity contribution in [3.05, 3.63) is 29.8 Å². The topological polar surface area (TPSA) is 66.0 Å². The van der Waals surface area contributed by atoms with Crippen LogP contribution < -0.4 is 15.5 Å². The smallest absolute Gasteiger partial charge is 0.227 e. The number of aliphatic imine (C=N–C) groups is 1. The average molecular weight is 488 g/mol. The summed E-state index contributed by atoms with van der Waals surface area (Å²) in [5.41, 5.74) is 2.18. The Morgan fingerprint density at radius 3 is 2.41 bits per heavy atom. The van der Waals surface area contributed by atoms with E-state index in [0.717, 1.165) is 30.2 Å². The van der Waals surface area contributed by atoms with Crippen LogP contribution >= 0.6 is 24.0 Å². The summed E-state index contributed by atoms with van der Waals surface area (Å²) in [6, 6.07) is 8.12. The van der Waals surface area contributed by atoms with Crippen LogP contribution in [0.5, 0.6) is 0 Å². The molecule has 2 rings (SSSR count). The first-order chi connectivity index (χ1) is 12.3. The lowest BCUT2D eigenvalue weighted by molar-refractivity contribution is -0.117. The van der Waals surface area contributed by atoms with Crippen LogP contribution in [-0.4, -0.2) is 45.2 Å². The molecular formula is C20H33IN4O2. The second-order valence-electron chi connectivity index (χ2n) is 7.71. The number of nitrogens with one attached hydrogen (secondary N) is 2. The molecule has 1 atom stereocenters. The Balaban J connectivity index is 0.00000364. The molecule has 0 spiro atoms. The first-order valence-electron chi connectivity index (χ1n) is 9.21. The summed E-state index contributed by atoms with van der Waals surface area (Å²) in [4.78, 5) is 17.9. The van der Waals surface area contributed by atoms with Gasteiger partial charge in [-0.05, 0) is 29.5 Å². The summed E-state index contributed by atoms with van der Waals surface area (Å²) in [6.07, 6.45) is 1.70. The Kier molecular flexibility index (Phi) is 9.52. The number of hydrogen-bond acceptors (Lipinski definition) is 3. The summed E-state index contributed by atoms with van der Waals surface area (Å²) >= 11 is 0. The quantitative estimate of drug-likeness (QED) is 0.367. The van der Waals surface area contributed by atoms with Gasteiger partial charge in [0.25, 0.3) is 0 Å². The number of ether oxygens (including phenoxy) is 1. The lowest BCUT2D eigenvalue weighted by atomic mass is 9.89. The van der Waals surface area contributed by atoms with Crippen LogP contribution in [0, 0.1) is 5.41 Å². The fraction of sp³-hybridized carbons (Fsp3) is 0.600. The molecule has 0 radical (unpaired) electrons. The summed E-state index contributed by atoms with van der Waals surface area (Å²) in [5.74, 6) is 0.960. The number of carbonyl (C=O) groups excluding carboxylic acids is 1. The third-order valence-electron chi connectivity index (χ3n) is 4.71. The molecule has 1 aromatic rings. The second-order valence-corrected chi connectivity index (χ2v) is 7.71. The van der Waals surface area contributed by atoms with Gasteiger partial charge in [-0.2, -0.15) is 0 Å². The standard InChI is InChI=1S/C20H32N4O2.HI/c1-20(2,3)17(26-5)14-23-19(21-4)22-13-15-8-10-16(11-9-15)24-12-6-7-18(24)25;/h8-11,17H,6-7,12-14H2,1-5H3,(H2,21,22,23);1H. The molecule has 0 aromatic heterocycles. The molecule has 0 bridgehead atoms. The molecule has 1 unspecified atom stereocenters. The van der Waals surface area contributed by atoms with Gasteiger partial charge in [0.05, 0.1) is 6.10 Å². The van der Waals surface area contributed by atoms with Crippen LogP contribution in [0.25, 0.3) is 0 Å². The number of benzene rings is 1. The number of rotatable bonds is 6. The van der Waals surface area contributed by atoms with Crippen molar-refractivity contribution in [2.75, 3.05) is 32.1 Å². The SMILES string of the molecule is CN=C(NCc1ccc(N2CCCC2=O)cc1)NCC(OC)C(C)(C)C.I. The zero-order chi connectivity index (χ0) is 19.2. The maximum Gasteiger partial charge on any atom is 0.227 e. The highest BCUT2D eigenvalue weighted by atomic mass is 127. The van der Waals surface area contributed by atoms with Gasteiger partial charge in [0.15, 0.2) is 5.96 Å². The number of carbonyl (C=O) groups is 1. The second kappa shape index (κ2) is 10.8. The first kappa shape index (κ1) is 23.7. The van der Waals surface area contributed by atoms with Crippen molar-refractivity contribution >= 4 is 41.5 Å². The minimum absolute atomic E-state index is 0. The number of halogens is 1. The molecule has 0 saturated carbocycles. The Hall–Kier alpha value is -1.35. The van der Waals surface area contributed by atoms with E-state index < -0.39 is 0 Å². The Morgan fingerprint density at radius 1 is 1.26 bits per heavy atom. The van der Waals surface area contributed by atoms with E-state index >= 15 is 0 Å². The average Bonchev–Trinajstić information content (AvgIpc) is 3.03. The lowest BCUT2D eigenvalue weighted by Crippen LogP contribution is -2.45. The number of amides is 1. The van der Waals surface area contributed by atoms with Gasteiger partial charge in [-0.1, -0.05) is 32.9 Å². The number of anilines is 1. The van der Waals surface area contributed by atoms with Crippen LogP contribution in [-0.2, 0) is 16.1 Å². The molecule has 1 saturated heterocycles. The molecule has 27 heavy (non-hydrogen) atoms. The summed E-state index contributed by atoms with van der Waals surface area (Å²) in [5, 5.41) is 6.64. The Bertz CT molecular complexity index is 626. The van der Waals surface area contributed by atoms with Crippen molar-refractivity contribution in [2.24, 2.45) is 10.4 Å². The van der Waals surface area contributed by atoms with Crippen LogP contribution in [0.4, 0.5) is 5.69 Å². The molecule has 6 nitrogen and oxygen atoms in total. The van der Waals surface area contributed by atoms with Crippen molar-refractivity contribution in [1.29, 1.82) is 0 Å². The Morgan fingerprint density at radius 2 is 1.93 bits per heavy atom. The molecule has 1 aliphatic rings. The maximum atomic E-state index is 11.8. The van der Waals surface area contributed by atoms with E-state index in [4.69, 9.17) is 4.74 Å². The normalized spacial score (nSPS) is 16.1. The van der Waals surface area contributed by atoms with E-state index in [9.17, 15) is 4.79 Å². The van der Waals surface area contributed by atoms with Crippen molar-refractivity contribution in [3.63, 3.8) is 0 Å². The minimum Gasteiger partial charge on any atom is -0.379 e. The van der Waals surface area contributed by atoms with Gasteiger partial charge in [-0.25, -0.2) is 0 Å². The van der Waals surface area contributed by atoms with Gasteiger partial charge < -0.3 is 20.3 Å². The van der Waals surface area contributed by atoms with Crippen molar-refractivity contribution in [2.45, 2.75) is 46.3 Å². The van der Waals surface area contributed by atoms with Gasteiger partial charge in [0.2, 0.25) is 5.91 Å². The number of hydrogen-bond donors (Lipinski definition) is 2. The van der Waals surface area contributed by atoms with Crippen LogP contribution in [0.3, 0.4) is 0 Å².